The number of hydrogen-bond donors (Lipinski definition) is 0. The van der Waals surface area contributed by atoms with Crippen LogP contribution in [-0.4, -0.2) is 17.4 Å². The SMILES string of the molecule is O=[N+]([O-])c1ccc(F)c(C2=N[C@H](c3ccccc3)CO2)c1. The van der Waals surface area contributed by atoms with E-state index in [9.17, 15) is 14.5 Å². The van der Waals surface area contributed by atoms with Gasteiger partial charge in [0.1, 0.15) is 18.5 Å². The van der Waals surface area contributed by atoms with Gasteiger partial charge in [-0.15, -0.1) is 0 Å². The summed E-state index contributed by atoms with van der Waals surface area (Å²) in [5, 5.41) is 10.8. The normalized spacial score (nSPS) is 17.2. The lowest BCUT2D eigenvalue weighted by molar-refractivity contribution is -0.384. The van der Waals surface area contributed by atoms with Gasteiger partial charge < -0.3 is 4.74 Å². The molecule has 0 radical (unpaired) electrons. The summed E-state index contributed by atoms with van der Waals surface area (Å²) in [4.78, 5) is 14.5. The van der Waals surface area contributed by atoms with Crippen molar-refractivity contribution in [2.75, 3.05) is 6.61 Å². The highest BCUT2D eigenvalue weighted by atomic mass is 19.1. The minimum absolute atomic E-state index is 0.0163. The van der Waals surface area contributed by atoms with Gasteiger partial charge in [0.15, 0.2) is 0 Å². The molecule has 3 rings (SSSR count). The highest BCUT2D eigenvalue weighted by Gasteiger charge is 2.25. The van der Waals surface area contributed by atoms with Gasteiger partial charge in [-0.05, 0) is 11.6 Å². The monoisotopic (exact) mass is 286 g/mol. The molecule has 6 heteroatoms. The first-order chi connectivity index (χ1) is 10.1. The number of nitro groups is 1. The average Bonchev–Trinajstić information content (AvgIpc) is 2.98. The fourth-order valence-electron chi connectivity index (χ4n) is 2.16. The third-order valence-electron chi connectivity index (χ3n) is 3.23. The Morgan fingerprint density at radius 1 is 1.24 bits per heavy atom. The van der Waals surface area contributed by atoms with Crippen molar-refractivity contribution in [1.82, 2.24) is 0 Å². The fourth-order valence-corrected chi connectivity index (χ4v) is 2.16. The van der Waals surface area contributed by atoms with Crippen molar-refractivity contribution in [3.8, 4) is 0 Å². The lowest BCUT2D eigenvalue weighted by Gasteiger charge is -2.03. The van der Waals surface area contributed by atoms with E-state index in [1.807, 2.05) is 30.3 Å². The molecule has 0 amide bonds. The Balaban J connectivity index is 1.95. The molecule has 106 valence electrons. The van der Waals surface area contributed by atoms with Crippen molar-refractivity contribution in [1.29, 1.82) is 0 Å². The lowest BCUT2D eigenvalue weighted by atomic mass is 10.1. The van der Waals surface area contributed by atoms with Gasteiger partial charge in [-0.1, -0.05) is 30.3 Å². The van der Waals surface area contributed by atoms with Gasteiger partial charge in [0.25, 0.3) is 5.69 Å². The van der Waals surface area contributed by atoms with Gasteiger partial charge in [-0.2, -0.15) is 0 Å². The van der Waals surface area contributed by atoms with Crippen LogP contribution in [0.2, 0.25) is 0 Å². The van der Waals surface area contributed by atoms with Gasteiger partial charge in [0.05, 0.1) is 10.5 Å². The molecule has 0 saturated heterocycles. The molecule has 21 heavy (non-hydrogen) atoms. The zero-order chi connectivity index (χ0) is 14.8. The van der Waals surface area contributed by atoms with Gasteiger partial charge in [-0.3, -0.25) is 10.1 Å². The van der Waals surface area contributed by atoms with Crippen LogP contribution < -0.4 is 0 Å². The second-order valence-electron chi connectivity index (χ2n) is 4.59. The zero-order valence-corrected chi connectivity index (χ0v) is 10.9. The highest BCUT2D eigenvalue weighted by Crippen LogP contribution is 2.27. The molecule has 2 aromatic rings. The van der Waals surface area contributed by atoms with Crippen molar-refractivity contribution < 1.29 is 14.1 Å². The maximum atomic E-state index is 13.8. The number of hydrogen-bond acceptors (Lipinski definition) is 4. The molecule has 2 aromatic carbocycles. The van der Waals surface area contributed by atoms with Gasteiger partial charge in [0, 0.05) is 12.1 Å². The minimum Gasteiger partial charge on any atom is -0.475 e. The highest BCUT2D eigenvalue weighted by molar-refractivity contribution is 5.96. The van der Waals surface area contributed by atoms with E-state index in [0.29, 0.717) is 6.61 Å². The first-order valence-corrected chi connectivity index (χ1v) is 6.35. The zero-order valence-electron chi connectivity index (χ0n) is 10.9. The topological polar surface area (TPSA) is 64.7 Å². The average molecular weight is 286 g/mol. The molecular formula is C15H11FN2O3. The van der Waals surface area contributed by atoms with Crippen LogP contribution in [-0.2, 0) is 4.74 Å². The molecule has 1 atom stereocenters. The molecular weight excluding hydrogens is 275 g/mol. The molecule has 0 unspecified atom stereocenters. The van der Waals surface area contributed by atoms with E-state index in [4.69, 9.17) is 4.74 Å². The van der Waals surface area contributed by atoms with Crippen molar-refractivity contribution in [3.05, 3.63) is 75.6 Å². The number of nitro benzene ring substituents is 1. The van der Waals surface area contributed by atoms with E-state index < -0.39 is 10.7 Å². The number of nitrogens with zero attached hydrogens (tertiary/aromatic N) is 2. The number of benzene rings is 2. The second-order valence-corrected chi connectivity index (χ2v) is 4.59. The molecule has 0 aliphatic carbocycles. The Hall–Kier alpha value is -2.76. The smallest absolute Gasteiger partial charge is 0.270 e. The standard InChI is InChI=1S/C15H11FN2O3/c16-13-7-6-11(18(19)20)8-12(13)15-17-14(9-21-15)10-4-2-1-3-5-10/h1-8,14H,9H2/t14-/m0/s1. The van der Waals surface area contributed by atoms with Crippen molar-refractivity contribution in [3.63, 3.8) is 0 Å². The Kier molecular flexibility index (Phi) is 3.35. The Labute approximate surface area is 119 Å². The third-order valence-corrected chi connectivity index (χ3v) is 3.23. The van der Waals surface area contributed by atoms with Gasteiger partial charge in [0.2, 0.25) is 5.90 Å². The summed E-state index contributed by atoms with van der Waals surface area (Å²) in [7, 11) is 0. The summed E-state index contributed by atoms with van der Waals surface area (Å²) < 4.78 is 19.2. The van der Waals surface area contributed by atoms with Crippen LogP contribution in [0.4, 0.5) is 10.1 Å². The van der Waals surface area contributed by atoms with Gasteiger partial charge >= 0.3 is 0 Å². The summed E-state index contributed by atoms with van der Waals surface area (Å²) in [6.07, 6.45) is 0. The van der Waals surface area contributed by atoms with E-state index in [1.54, 1.807) is 0 Å². The number of rotatable bonds is 3. The number of non-ortho nitro benzene ring substituents is 1. The summed E-state index contributed by atoms with van der Waals surface area (Å²) in [6.45, 7) is 0.293. The first-order valence-electron chi connectivity index (χ1n) is 6.35. The van der Waals surface area contributed by atoms with Crippen LogP contribution in [0.3, 0.4) is 0 Å². The molecule has 0 N–H and O–H groups in total. The summed E-state index contributed by atoms with van der Waals surface area (Å²) >= 11 is 0. The molecule has 1 heterocycles. The van der Waals surface area contributed by atoms with Crippen LogP contribution in [0.5, 0.6) is 0 Å². The molecule has 0 fully saturated rings. The predicted octanol–water partition coefficient (Wildman–Crippen LogP) is 3.25. The van der Waals surface area contributed by atoms with E-state index in [1.165, 1.54) is 0 Å². The van der Waals surface area contributed by atoms with Crippen LogP contribution in [0, 0.1) is 15.9 Å². The third kappa shape index (κ3) is 2.60. The van der Waals surface area contributed by atoms with E-state index in [0.717, 1.165) is 23.8 Å². The molecule has 0 bridgehead atoms. The van der Waals surface area contributed by atoms with Crippen LogP contribution in [0.25, 0.3) is 0 Å². The van der Waals surface area contributed by atoms with Crippen LogP contribution in [0.1, 0.15) is 17.2 Å². The van der Waals surface area contributed by atoms with E-state index >= 15 is 0 Å². The van der Waals surface area contributed by atoms with Crippen molar-refractivity contribution in [2.24, 2.45) is 4.99 Å². The van der Waals surface area contributed by atoms with Gasteiger partial charge in [-0.25, -0.2) is 9.38 Å². The van der Waals surface area contributed by atoms with E-state index in [2.05, 4.69) is 4.99 Å². The Morgan fingerprint density at radius 3 is 2.71 bits per heavy atom. The first kappa shape index (κ1) is 13.2. The number of aliphatic imine (C=N–C) groups is 1. The molecule has 0 aromatic heterocycles. The molecule has 0 saturated carbocycles. The fraction of sp³-hybridized carbons (Fsp3) is 0.133. The number of halogens is 1. The minimum atomic E-state index is -0.590. The maximum Gasteiger partial charge on any atom is 0.270 e. The lowest BCUT2D eigenvalue weighted by Crippen LogP contribution is -2.05. The second kappa shape index (κ2) is 5.32. The molecule has 5 nitrogen and oxygen atoms in total. The summed E-state index contributed by atoms with van der Waals surface area (Å²) in [5.74, 6) is -0.488. The predicted molar refractivity (Wildman–Crippen MR) is 74.7 cm³/mol. The molecule has 1 aliphatic heterocycles. The van der Waals surface area contributed by atoms with Crippen LogP contribution in [0.15, 0.2) is 53.5 Å². The van der Waals surface area contributed by atoms with Crippen molar-refractivity contribution in [2.45, 2.75) is 6.04 Å². The summed E-state index contributed by atoms with van der Waals surface area (Å²) in [6, 6.07) is 12.6. The van der Waals surface area contributed by atoms with E-state index in [-0.39, 0.29) is 23.2 Å². The maximum absolute atomic E-state index is 13.8. The molecule has 1 aliphatic rings. The largest absolute Gasteiger partial charge is 0.475 e. The summed E-state index contributed by atoms with van der Waals surface area (Å²) in [5.41, 5.74) is 0.779. The van der Waals surface area contributed by atoms with Crippen LogP contribution >= 0.6 is 0 Å². The number of ether oxygens (including phenoxy) is 1. The Morgan fingerprint density at radius 2 is 2.00 bits per heavy atom. The Bertz CT molecular complexity index is 716. The van der Waals surface area contributed by atoms with Crippen molar-refractivity contribution >= 4 is 11.6 Å². The molecule has 0 spiro atoms. The quantitative estimate of drug-likeness (QED) is 0.642.